The molecule has 1 amide bonds. The highest BCUT2D eigenvalue weighted by molar-refractivity contribution is 5.90. The molecule has 0 bridgehead atoms. The minimum atomic E-state index is -0.877. The first-order valence-corrected chi connectivity index (χ1v) is 5.95. The van der Waals surface area contributed by atoms with Crippen molar-refractivity contribution in [2.45, 2.75) is 20.0 Å². The van der Waals surface area contributed by atoms with Crippen molar-refractivity contribution in [3.05, 3.63) is 41.7 Å². The summed E-state index contributed by atoms with van der Waals surface area (Å²) in [7, 11) is 0. The minimum absolute atomic E-state index is 0.283. The third-order valence-electron chi connectivity index (χ3n) is 2.32. The highest BCUT2D eigenvalue weighted by Crippen LogP contribution is 2.08. The van der Waals surface area contributed by atoms with E-state index in [1.807, 2.05) is 0 Å². The summed E-state index contributed by atoms with van der Waals surface area (Å²) < 4.78 is 18.1. The third-order valence-corrected chi connectivity index (χ3v) is 2.32. The van der Waals surface area contributed by atoms with Crippen molar-refractivity contribution in [1.29, 1.82) is 0 Å². The van der Waals surface area contributed by atoms with Gasteiger partial charge in [-0.3, -0.25) is 4.79 Å². The summed E-state index contributed by atoms with van der Waals surface area (Å²) in [6.07, 6.45) is 1.52. The summed E-state index contributed by atoms with van der Waals surface area (Å²) in [6, 6.07) is 6.04. The average Bonchev–Trinajstić information content (AvgIpc) is 2.38. The van der Waals surface area contributed by atoms with Gasteiger partial charge in [-0.2, -0.15) is 0 Å². The Hall–Kier alpha value is -2.17. The van der Waals surface area contributed by atoms with Crippen LogP contribution in [0.25, 0.3) is 6.08 Å². The molecule has 0 heterocycles. The monoisotopic (exact) mass is 265 g/mol. The van der Waals surface area contributed by atoms with Gasteiger partial charge < -0.3 is 10.1 Å². The van der Waals surface area contributed by atoms with Crippen molar-refractivity contribution in [1.82, 2.24) is 5.32 Å². The van der Waals surface area contributed by atoms with Gasteiger partial charge in [-0.15, -0.1) is 0 Å². The summed E-state index contributed by atoms with van der Waals surface area (Å²) in [5.41, 5.74) is 0.283. The summed E-state index contributed by atoms with van der Waals surface area (Å²) in [5.74, 6) is -1.49. The molecule has 0 aliphatic rings. The highest BCUT2D eigenvalue weighted by Gasteiger charge is 2.15. The zero-order valence-electron chi connectivity index (χ0n) is 10.9. The van der Waals surface area contributed by atoms with Crippen molar-refractivity contribution in [3.63, 3.8) is 0 Å². The number of carbonyl (C=O) groups is 2. The fraction of sp³-hybridized carbons (Fsp3) is 0.286. The third kappa shape index (κ3) is 4.91. The Morgan fingerprint density at radius 2 is 2.11 bits per heavy atom. The van der Waals surface area contributed by atoms with E-state index >= 15 is 0 Å². The maximum Gasteiger partial charge on any atom is 0.331 e. The number of esters is 1. The Balaban J connectivity index is 2.56. The quantitative estimate of drug-likeness (QED) is 0.653. The van der Waals surface area contributed by atoms with Crippen molar-refractivity contribution in [2.75, 3.05) is 6.54 Å². The zero-order chi connectivity index (χ0) is 14.3. The SMILES string of the molecule is CCNC(=O)[C@H](C)OC(=O)/C=C/c1ccccc1F. The standard InChI is InChI=1S/C14H16FNO3/c1-3-16-14(18)10(2)19-13(17)9-8-11-6-4-5-7-12(11)15/h4-10H,3H2,1-2H3,(H,16,18)/b9-8+/t10-/m0/s1. The Labute approximate surface area is 111 Å². The lowest BCUT2D eigenvalue weighted by atomic mass is 10.2. The number of hydrogen-bond acceptors (Lipinski definition) is 3. The molecule has 1 N–H and O–H groups in total. The van der Waals surface area contributed by atoms with Gasteiger partial charge in [-0.05, 0) is 26.0 Å². The van der Waals surface area contributed by atoms with E-state index in [1.54, 1.807) is 19.1 Å². The van der Waals surface area contributed by atoms with Crippen LogP contribution in [0.4, 0.5) is 4.39 Å². The molecule has 0 fully saturated rings. The topological polar surface area (TPSA) is 55.4 Å². The van der Waals surface area contributed by atoms with Crippen LogP contribution in [0, 0.1) is 5.82 Å². The van der Waals surface area contributed by atoms with Crippen LogP contribution in [-0.4, -0.2) is 24.5 Å². The lowest BCUT2D eigenvalue weighted by molar-refractivity contribution is -0.150. The Morgan fingerprint density at radius 1 is 1.42 bits per heavy atom. The van der Waals surface area contributed by atoms with Crippen LogP contribution in [-0.2, 0) is 14.3 Å². The van der Waals surface area contributed by atoms with Gasteiger partial charge in [0.25, 0.3) is 5.91 Å². The predicted octanol–water partition coefficient (Wildman–Crippen LogP) is 1.91. The molecule has 4 nitrogen and oxygen atoms in total. The van der Waals surface area contributed by atoms with Gasteiger partial charge in [0.15, 0.2) is 6.10 Å². The fourth-order valence-electron chi connectivity index (χ4n) is 1.35. The fourth-order valence-corrected chi connectivity index (χ4v) is 1.35. The van der Waals surface area contributed by atoms with Crippen molar-refractivity contribution < 1.29 is 18.7 Å². The van der Waals surface area contributed by atoms with Crippen molar-refractivity contribution in [3.8, 4) is 0 Å². The largest absolute Gasteiger partial charge is 0.449 e. The first-order chi connectivity index (χ1) is 9.04. The van der Waals surface area contributed by atoms with Gasteiger partial charge in [0.1, 0.15) is 5.82 Å². The van der Waals surface area contributed by atoms with Gasteiger partial charge in [-0.1, -0.05) is 18.2 Å². The second-order valence-electron chi connectivity index (χ2n) is 3.83. The van der Waals surface area contributed by atoms with Gasteiger partial charge >= 0.3 is 5.97 Å². The number of carbonyl (C=O) groups excluding carboxylic acids is 2. The number of ether oxygens (including phenoxy) is 1. The second-order valence-corrected chi connectivity index (χ2v) is 3.83. The lowest BCUT2D eigenvalue weighted by Crippen LogP contribution is -2.35. The van der Waals surface area contributed by atoms with Crippen LogP contribution in [0.2, 0.25) is 0 Å². The Kier molecular flexibility index (Phi) is 5.73. The van der Waals surface area contributed by atoms with E-state index in [4.69, 9.17) is 4.74 Å². The number of halogens is 1. The van der Waals surface area contributed by atoms with Gasteiger partial charge in [-0.25, -0.2) is 9.18 Å². The van der Waals surface area contributed by atoms with Crippen LogP contribution < -0.4 is 5.32 Å². The molecule has 0 unspecified atom stereocenters. The minimum Gasteiger partial charge on any atom is -0.449 e. The van der Waals surface area contributed by atoms with E-state index in [0.29, 0.717) is 6.54 Å². The number of rotatable bonds is 5. The molecular formula is C14H16FNO3. The number of amides is 1. The number of nitrogens with one attached hydrogen (secondary N) is 1. The van der Waals surface area contributed by atoms with Crippen LogP contribution in [0.5, 0.6) is 0 Å². The van der Waals surface area contributed by atoms with Crippen molar-refractivity contribution in [2.24, 2.45) is 0 Å². The molecule has 0 aliphatic heterocycles. The highest BCUT2D eigenvalue weighted by atomic mass is 19.1. The maximum atomic E-state index is 13.3. The first kappa shape index (κ1) is 14.9. The first-order valence-electron chi connectivity index (χ1n) is 5.95. The lowest BCUT2D eigenvalue weighted by Gasteiger charge is -2.10. The van der Waals surface area contributed by atoms with E-state index in [1.165, 1.54) is 25.1 Å². The predicted molar refractivity (Wildman–Crippen MR) is 69.7 cm³/mol. The summed E-state index contributed by atoms with van der Waals surface area (Å²) in [5, 5.41) is 2.53. The van der Waals surface area contributed by atoms with E-state index in [9.17, 15) is 14.0 Å². The molecule has 0 aromatic heterocycles. The Bertz CT molecular complexity index is 485. The number of benzene rings is 1. The number of hydrogen-bond donors (Lipinski definition) is 1. The summed E-state index contributed by atoms with van der Waals surface area (Å²) in [6.45, 7) is 3.70. The molecule has 1 aromatic rings. The molecule has 5 heteroatoms. The molecule has 0 spiro atoms. The van der Waals surface area contributed by atoms with Crippen LogP contribution in [0.3, 0.4) is 0 Å². The smallest absolute Gasteiger partial charge is 0.331 e. The molecule has 102 valence electrons. The zero-order valence-corrected chi connectivity index (χ0v) is 10.9. The van der Waals surface area contributed by atoms with Gasteiger partial charge in [0.2, 0.25) is 0 Å². The Morgan fingerprint density at radius 3 is 2.74 bits per heavy atom. The molecule has 1 atom stereocenters. The van der Waals surface area contributed by atoms with E-state index in [0.717, 1.165) is 6.08 Å². The summed E-state index contributed by atoms with van der Waals surface area (Å²) >= 11 is 0. The van der Waals surface area contributed by atoms with E-state index < -0.39 is 17.9 Å². The number of likely N-dealkylation sites (N-methyl/N-ethyl adjacent to an activating group) is 1. The second kappa shape index (κ2) is 7.31. The molecule has 0 radical (unpaired) electrons. The van der Waals surface area contributed by atoms with Gasteiger partial charge in [0, 0.05) is 18.2 Å². The molecule has 1 aromatic carbocycles. The van der Waals surface area contributed by atoms with Crippen LogP contribution in [0.1, 0.15) is 19.4 Å². The normalized spacial score (nSPS) is 12.2. The van der Waals surface area contributed by atoms with Gasteiger partial charge in [0.05, 0.1) is 0 Å². The average molecular weight is 265 g/mol. The van der Waals surface area contributed by atoms with Crippen LogP contribution in [0.15, 0.2) is 30.3 Å². The molecule has 19 heavy (non-hydrogen) atoms. The molecule has 0 aliphatic carbocycles. The van der Waals surface area contributed by atoms with Crippen LogP contribution >= 0.6 is 0 Å². The van der Waals surface area contributed by atoms with E-state index in [-0.39, 0.29) is 11.5 Å². The molecular weight excluding hydrogens is 249 g/mol. The molecule has 0 saturated carbocycles. The maximum absolute atomic E-state index is 13.3. The van der Waals surface area contributed by atoms with Crippen molar-refractivity contribution >= 4 is 18.0 Å². The van der Waals surface area contributed by atoms with E-state index in [2.05, 4.69) is 5.32 Å². The summed E-state index contributed by atoms with van der Waals surface area (Å²) in [4.78, 5) is 22.8. The molecule has 0 saturated heterocycles. The molecule has 1 rings (SSSR count).